The van der Waals surface area contributed by atoms with Gasteiger partial charge in [-0.25, -0.2) is 4.98 Å². The van der Waals surface area contributed by atoms with E-state index in [-0.39, 0.29) is 5.91 Å². The van der Waals surface area contributed by atoms with Gasteiger partial charge in [0.1, 0.15) is 5.82 Å². The molecule has 0 spiro atoms. The summed E-state index contributed by atoms with van der Waals surface area (Å²) in [5.41, 5.74) is 2.97. The number of carbonyl (C=O) groups excluding carboxylic acids is 1. The standard InChI is InChI=1S/C17H26N4O/c1-12(2)17-19-14-7-6-13(10-15(14)20-17)11-16(22)18-8-5-9-21(3)4/h6-7,10,12H,5,8-9,11H2,1-4H3,(H,18,22)(H,19,20). The fraction of sp³-hybridized carbons (Fsp3) is 0.529. The summed E-state index contributed by atoms with van der Waals surface area (Å²) in [6.45, 7) is 5.93. The van der Waals surface area contributed by atoms with Crippen molar-refractivity contribution in [3.05, 3.63) is 29.6 Å². The molecule has 22 heavy (non-hydrogen) atoms. The first-order valence-electron chi connectivity index (χ1n) is 7.85. The summed E-state index contributed by atoms with van der Waals surface area (Å²) in [7, 11) is 4.07. The zero-order valence-corrected chi connectivity index (χ0v) is 13.9. The second kappa shape index (κ2) is 7.40. The number of nitrogens with one attached hydrogen (secondary N) is 2. The molecule has 1 amide bonds. The summed E-state index contributed by atoms with van der Waals surface area (Å²) < 4.78 is 0. The number of carbonyl (C=O) groups is 1. The average Bonchev–Trinajstić information content (AvgIpc) is 2.87. The van der Waals surface area contributed by atoms with E-state index >= 15 is 0 Å². The predicted molar refractivity (Wildman–Crippen MR) is 90.1 cm³/mol. The van der Waals surface area contributed by atoms with Gasteiger partial charge in [0, 0.05) is 12.5 Å². The lowest BCUT2D eigenvalue weighted by molar-refractivity contribution is -0.120. The van der Waals surface area contributed by atoms with Crippen molar-refractivity contribution < 1.29 is 4.79 Å². The third kappa shape index (κ3) is 4.56. The van der Waals surface area contributed by atoms with E-state index in [1.807, 2.05) is 32.3 Å². The lowest BCUT2D eigenvalue weighted by Crippen LogP contribution is -2.28. The molecule has 0 unspecified atom stereocenters. The molecule has 2 rings (SSSR count). The second-order valence-electron chi connectivity index (χ2n) is 6.31. The van der Waals surface area contributed by atoms with Gasteiger partial charge >= 0.3 is 0 Å². The number of imidazole rings is 1. The van der Waals surface area contributed by atoms with Crippen LogP contribution in [0.2, 0.25) is 0 Å². The van der Waals surface area contributed by atoms with E-state index in [0.29, 0.717) is 12.3 Å². The maximum absolute atomic E-state index is 12.0. The molecule has 5 heteroatoms. The van der Waals surface area contributed by atoms with Crippen LogP contribution in [0.1, 0.15) is 37.6 Å². The number of aromatic nitrogens is 2. The number of nitrogens with zero attached hydrogens (tertiary/aromatic N) is 2. The molecule has 0 aliphatic heterocycles. The summed E-state index contributed by atoms with van der Waals surface area (Å²) in [4.78, 5) is 21.9. The lowest BCUT2D eigenvalue weighted by atomic mass is 10.1. The van der Waals surface area contributed by atoms with E-state index < -0.39 is 0 Å². The molecule has 5 nitrogen and oxygen atoms in total. The number of aromatic amines is 1. The van der Waals surface area contributed by atoms with Crippen LogP contribution < -0.4 is 5.32 Å². The Balaban J connectivity index is 1.92. The maximum Gasteiger partial charge on any atom is 0.224 e. The average molecular weight is 302 g/mol. The Labute approximate surface area is 132 Å². The summed E-state index contributed by atoms with van der Waals surface area (Å²) in [5, 5.41) is 2.97. The van der Waals surface area contributed by atoms with Crippen molar-refractivity contribution >= 4 is 16.9 Å². The molecule has 2 N–H and O–H groups in total. The SMILES string of the molecule is CC(C)c1nc2ccc(CC(=O)NCCCN(C)C)cc2[nH]1. The molecule has 1 aromatic carbocycles. The molecule has 0 saturated heterocycles. The Kier molecular flexibility index (Phi) is 5.55. The first-order valence-corrected chi connectivity index (χ1v) is 7.85. The molecule has 2 aromatic rings. The molecular formula is C17H26N4O. The largest absolute Gasteiger partial charge is 0.356 e. The summed E-state index contributed by atoms with van der Waals surface area (Å²) in [6, 6.07) is 5.98. The number of H-pyrrole nitrogens is 1. The highest BCUT2D eigenvalue weighted by molar-refractivity contribution is 5.81. The van der Waals surface area contributed by atoms with Crippen molar-refractivity contribution in [2.24, 2.45) is 0 Å². The number of amides is 1. The third-order valence-electron chi connectivity index (χ3n) is 3.58. The van der Waals surface area contributed by atoms with Gasteiger partial charge in [-0.2, -0.15) is 0 Å². The highest BCUT2D eigenvalue weighted by Crippen LogP contribution is 2.18. The molecule has 1 heterocycles. The minimum Gasteiger partial charge on any atom is -0.356 e. The lowest BCUT2D eigenvalue weighted by Gasteiger charge is -2.09. The first kappa shape index (κ1) is 16.5. The van der Waals surface area contributed by atoms with Gasteiger partial charge in [-0.05, 0) is 44.8 Å². The van der Waals surface area contributed by atoms with Crippen molar-refractivity contribution in [1.29, 1.82) is 0 Å². The topological polar surface area (TPSA) is 61.0 Å². The summed E-state index contributed by atoms with van der Waals surface area (Å²) in [5.74, 6) is 1.43. The Morgan fingerprint density at radius 1 is 1.36 bits per heavy atom. The van der Waals surface area contributed by atoms with Crippen LogP contribution in [0.3, 0.4) is 0 Å². The van der Waals surface area contributed by atoms with Crippen molar-refractivity contribution in [3.8, 4) is 0 Å². The van der Waals surface area contributed by atoms with Crippen molar-refractivity contribution in [2.45, 2.75) is 32.6 Å². The van der Waals surface area contributed by atoms with Crippen LogP contribution in [0.5, 0.6) is 0 Å². The number of fused-ring (bicyclic) bond motifs is 1. The van der Waals surface area contributed by atoms with Gasteiger partial charge in [0.05, 0.1) is 17.5 Å². The zero-order chi connectivity index (χ0) is 16.1. The molecule has 0 aliphatic carbocycles. The Bertz CT molecular complexity index is 631. The van der Waals surface area contributed by atoms with Gasteiger partial charge in [-0.15, -0.1) is 0 Å². The smallest absolute Gasteiger partial charge is 0.224 e. The normalized spacial score (nSPS) is 11.5. The fourth-order valence-electron chi connectivity index (χ4n) is 2.33. The molecular weight excluding hydrogens is 276 g/mol. The van der Waals surface area contributed by atoms with Gasteiger partial charge < -0.3 is 15.2 Å². The number of benzene rings is 1. The van der Waals surface area contributed by atoms with Gasteiger partial charge in [0.2, 0.25) is 5.91 Å². The molecule has 0 bridgehead atoms. The number of hydrogen-bond donors (Lipinski definition) is 2. The highest BCUT2D eigenvalue weighted by atomic mass is 16.1. The molecule has 1 aromatic heterocycles. The maximum atomic E-state index is 12.0. The van der Waals surface area contributed by atoms with Gasteiger partial charge in [-0.3, -0.25) is 4.79 Å². The predicted octanol–water partition coefficient (Wildman–Crippen LogP) is 2.30. The molecule has 0 saturated carbocycles. The molecule has 0 fully saturated rings. The number of hydrogen-bond acceptors (Lipinski definition) is 3. The molecule has 0 atom stereocenters. The van der Waals surface area contributed by atoms with Crippen LogP contribution in [0.15, 0.2) is 18.2 Å². The van der Waals surface area contributed by atoms with Crippen LogP contribution in [0.25, 0.3) is 11.0 Å². The zero-order valence-electron chi connectivity index (χ0n) is 13.9. The van der Waals surface area contributed by atoms with Crippen LogP contribution >= 0.6 is 0 Å². The monoisotopic (exact) mass is 302 g/mol. The van der Waals surface area contributed by atoms with Crippen LogP contribution in [0, 0.1) is 0 Å². The van der Waals surface area contributed by atoms with E-state index in [9.17, 15) is 4.79 Å². The third-order valence-corrected chi connectivity index (χ3v) is 3.58. The van der Waals surface area contributed by atoms with Crippen molar-refractivity contribution in [2.75, 3.05) is 27.2 Å². The molecule has 0 aliphatic rings. The van der Waals surface area contributed by atoms with E-state index in [1.54, 1.807) is 0 Å². The van der Waals surface area contributed by atoms with Gasteiger partial charge in [0.15, 0.2) is 0 Å². The molecule has 0 radical (unpaired) electrons. The van der Waals surface area contributed by atoms with E-state index in [0.717, 1.165) is 41.9 Å². The fourth-order valence-corrected chi connectivity index (χ4v) is 2.33. The van der Waals surface area contributed by atoms with Crippen LogP contribution in [0.4, 0.5) is 0 Å². The van der Waals surface area contributed by atoms with E-state index in [1.165, 1.54) is 0 Å². The Morgan fingerprint density at radius 2 is 2.14 bits per heavy atom. The Morgan fingerprint density at radius 3 is 2.82 bits per heavy atom. The van der Waals surface area contributed by atoms with Crippen LogP contribution in [-0.4, -0.2) is 48.0 Å². The summed E-state index contributed by atoms with van der Waals surface area (Å²) >= 11 is 0. The van der Waals surface area contributed by atoms with E-state index in [4.69, 9.17) is 0 Å². The summed E-state index contributed by atoms with van der Waals surface area (Å²) in [6.07, 6.45) is 1.38. The highest BCUT2D eigenvalue weighted by Gasteiger charge is 2.08. The second-order valence-corrected chi connectivity index (χ2v) is 6.31. The van der Waals surface area contributed by atoms with Crippen molar-refractivity contribution in [1.82, 2.24) is 20.2 Å². The first-order chi connectivity index (χ1) is 10.5. The quantitative estimate of drug-likeness (QED) is 0.772. The van der Waals surface area contributed by atoms with Gasteiger partial charge in [0.25, 0.3) is 0 Å². The minimum atomic E-state index is 0.0710. The number of rotatable bonds is 7. The van der Waals surface area contributed by atoms with E-state index in [2.05, 4.69) is 34.0 Å². The van der Waals surface area contributed by atoms with Crippen molar-refractivity contribution in [3.63, 3.8) is 0 Å². The molecule has 120 valence electrons. The van der Waals surface area contributed by atoms with Crippen LogP contribution in [-0.2, 0) is 11.2 Å². The minimum absolute atomic E-state index is 0.0710. The Hall–Kier alpha value is -1.88. The van der Waals surface area contributed by atoms with Gasteiger partial charge in [-0.1, -0.05) is 19.9 Å².